The van der Waals surface area contributed by atoms with Crippen LogP contribution in [0.2, 0.25) is 5.02 Å². The van der Waals surface area contributed by atoms with Gasteiger partial charge in [0.05, 0.1) is 12.1 Å². The summed E-state index contributed by atoms with van der Waals surface area (Å²) in [6.07, 6.45) is 1.87. The molecular weight excluding hydrogens is 276 g/mol. The Hall–Kier alpha value is -1.26. The van der Waals surface area contributed by atoms with E-state index in [9.17, 15) is 4.79 Å². The summed E-state index contributed by atoms with van der Waals surface area (Å²) in [6.45, 7) is 2.61. The van der Waals surface area contributed by atoms with Crippen molar-refractivity contribution >= 4 is 17.5 Å². The number of likely N-dealkylation sites (N-methyl/N-ethyl adjacent to an activating group) is 1. The molecule has 1 saturated heterocycles. The molecular formula is C15H19ClN2O2. The predicted molar refractivity (Wildman–Crippen MR) is 78.5 cm³/mol. The van der Waals surface area contributed by atoms with Crippen molar-refractivity contribution in [1.82, 2.24) is 9.80 Å². The quantitative estimate of drug-likeness (QED) is 0.736. The normalized spacial score (nSPS) is 22.4. The van der Waals surface area contributed by atoms with Crippen LogP contribution in [0.5, 0.6) is 5.75 Å². The minimum Gasteiger partial charge on any atom is -0.484 e. The fourth-order valence-electron chi connectivity index (χ4n) is 3.02. The van der Waals surface area contributed by atoms with E-state index in [1.54, 1.807) is 17.0 Å². The maximum absolute atomic E-state index is 12.5. The standard InChI is InChI=1S/C15H19ClN2O2/c1-17-7-5-15(6-8-17)10-18(2)14(19)12-9-11(16)3-4-13(12)20-15/h3-4,9H,5-8,10H2,1-2H3. The highest BCUT2D eigenvalue weighted by Crippen LogP contribution is 2.35. The van der Waals surface area contributed by atoms with Crippen molar-refractivity contribution in [2.75, 3.05) is 33.7 Å². The van der Waals surface area contributed by atoms with Gasteiger partial charge in [-0.25, -0.2) is 0 Å². The number of likely N-dealkylation sites (tertiary alicyclic amines) is 1. The number of benzene rings is 1. The van der Waals surface area contributed by atoms with E-state index in [1.807, 2.05) is 13.1 Å². The summed E-state index contributed by atoms with van der Waals surface area (Å²) >= 11 is 6.01. The number of halogens is 1. The molecule has 0 bridgehead atoms. The molecule has 1 amide bonds. The van der Waals surface area contributed by atoms with E-state index in [1.165, 1.54) is 0 Å². The Morgan fingerprint density at radius 2 is 1.95 bits per heavy atom. The van der Waals surface area contributed by atoms with Gasteiger partial charge in [-0.1, -0.05) is 11.6 Å². The molecule has 1 aromatic rings. The number of rotatable bonds is 0. The Bertz CT molecular complexity index is 539. The summed E-state index contributed by atoms with van der Waals surface area (Å²) in [5.41, 5.74) is 0.298. The van der Waals surface area contributed by atoms with Crippen LogP contribution in [0.3, 0.4) is 0 Å². The fraction of sp³-hybridized carbons (Fsp3) is 0.533. The first-order valence-electron chi connectivity index (χ1n) is 6.92. The monoisotopic (exact) mass is 294 g/mol. The highest BCUT2D eigenvalue weighted by molar-refractivity contribution is 6.31. The maximum atomic E-state index is 12.5. The minimum atomic E-state index is -0.268. The van der Waals surface area contributed by atoms with Gasteiger partial charge in [-0.3, -0.25) is 4.79 Å². The minimum absolute atomic E-state index is 0.0155. The molecule has 0 N–H and O–H groups in total. The lowest BCUT2D eigenvalue weighted by atomic mass is 9.91. The van der Waals surface area contributed by atoms with Crippen LogP contribution in [0.15, 0.2) is 18.2 Å². The van der Waals surface area contributed by atoms with Crippen LogP contribution < -0.4 is 4.74 Å². The van der Waals surface area contributed by atoms with Gasteiger partial charge in [0, 0.05) is 38.0 Å². The summed E-state index contributed by atoms with van der Waals surface area (Å²) in [4.78, 5) is 16.5. The Balaban J connectivity index is 1.98. The zero-order chi connectivity index (χ0) is 14.3. The van der Waals surface area contributed by atoms with Gasteiger partial charge in [0.1, 0.15) is 11.4 Å². The van der Waals surface area contributed by atoms with Crippen LogP contribution in [0.25, 0.3) is 0 Å². The van der Waals surface area contributed by atoms with E-state index in [2.05, 4.69) is 11.9 Å². The van der Waals surface area contributed by atoms with Crippen molar-refractivity contribution in [3.8, 4) is 5.75 Å². The van der Waals surface area contributed by atoms with E-state index >= 15 is 0 Å². The first-order valence-corrected chi connectivity index (χ1v) is 7.29. The Labute approximate surface area is 124 Å². The molecule has 0 aromatic heterocycles. The third kappa shape index (κ3) is 2.38. The molecule has 0 atom stereocenters. The second-order valence-corrected chi connectivity index (χ2v) is 6.33. The van der Waals surface area contributed by atoms with Gasteiger partial charge in [-0.2, -0.15) is 0 Å². The van der Waals surface area contributed by atoms with Gasteiger partial charge in [0.2, 0.25) is 0 Å². The van der Waals surface area contributed by atoms with Crippen molar-refractivity contribution in [3.05, 3.63) is 28.8 Å². The van der Waals surface area contributed by atoms with Crippen LogP contribution in [0.1, 0.15) is 23.2 Å². The van der Waals surface area contributed by atoms with Crippen molar-refractivity contribution in [2.45, 2.75) is 18.4 Å². The van der Waals surface area contributed by atoms with Crippen LogP contribution in [0, 0.1) is 0 Å². The number of piperidine rings is 1. The molecule has 2 aliphatic rings. The lowest BCUT2D eigenvalue weighted by Crippen LogP contribution is -2.52. The molecule has 0 unspecified atom stereocenters. The Morgan fingerprint density at radius 1 is 1.25 bits per heavy atom. The van der Waals surface area contributed by atoms with E-state index < -0.39 is 0 Å². The van der Waals surface area contributed by atoms with E-state index in [0.717, 1.165) is 25.9 Å². The predicted octanol–water partition coefficient (Wildman–Crippen LogP) is 2.27. The zero-order valence-electron chi connectivity index (χ0n) is 11.9. The Kier molecular flexibility index (Phi) is 3.38. The highest BCUT2D eigenvalue weighted by Gasteiger charge is 2.41. The van der Waals surface area contributed by atoms with Crippen LogP contribution >= 0.6 is 11.6 Å². The first-order chi connectivity index (χ1) is 9.49. The third-order valence-corrected chi connectivity index (χ3v) is 4.50. The lowest BCUT2D eigenvalue weighted by Gasteiger charge is -2.41. The second-order valence-electron chi connectivity index (χ2n) is 5.89. The number of hydrogen-bond acceptors (Lipinski definition) is 3. The first kappa shape index (κ1) is 13.7. The molecule has 4 nitrogen and oxygen atoms in total. The molecule has 1 aromatic carbocycles. The van der Waals surface area contributed by atoms with Crippen molar-refractivity contribution < 1.29 is 9.53 Å². The molecule has 0 saturated carbocycles. The maximum Gasteiger partial charge on any atom is 0.257 e. The molecule has 108 valence electrons. The number of hydrogen-bond donors (Lipinski definition) is 0. The number of ether oxygens (including phenoxy) is 1. The smallest absolute Gasteiger partial charge is 0.257 e. The zero-order valence-corrected chi connectivity index (χ0v) is 12.6. The number of carbonyl (C=O) groups is 1. The number of carbonyl (C=O) groups excluding carboxylic acids is 1. The topological polar surface area (TPSA) is 32.8 Å². The van der Waals surface area contributed by atoms with E-state index in [-0.39, 0.29) is 11.5 Å². The molecule has 2 aliphatic heterocycles. The summed E-state index contributed by atoms with van der Waals surface area (Å²) in [5.74, 6) is 0.645. The van der Waals surface area contributed by atoms with Gasteiger partial charge in [-0.05, 0) is 25.2 Å². The number of fused-ring (bicyclic) bond motifs is 1. The fourth-order valence-corrected chi connectivity index (χ4v) is 3.19. The summed E-state index contributed by atoms with van der Waals surface area (Å²) in [6, 6.07) is 5.29. The SMILES string of the molecule is CN1CCC2(CC1)CN(C)C(=O)c1cc(Cl)ccc1O2. The summed E-state index contributed by atoms with van der Waals surface area (Å²) in [7, 11) is 3.95. The average Bonchev–Trinajstić information content (AvgIpc) is 2.52. The average molecular weight is 295 g/mol. The van der Waals surface area contributed by atoms with Gasteiger partial charge in [0.15, 0.2) is 0 Å². The molecule has 5 heteroatoms. The van der Waals surface area contributed by atoms with Gasteiger partial charge in [0.25, 0.3) is 5.91 Å². The van der Waals surface area contributed by atoms with Crippen molar-refractivity contribution in [3.63, 3.8) is 0 Å². The largest absolute Gasteiger partial charge is 0.484 e. The molecule has 1 fully saturated rings. The van der Waals surface area contributed by atoms with E-state index in [4.69, 9.17) is 16.3 Å². The van der Waals surface area contributed by atoms with Gasteiger partial charge in [-0.15, -0.1) is 0 Å². The molecule has 1 spiro atoms. The second kappa shape index (κ2) is 4.93. The summed E-state index contributed by atoms with van der Waals surface area (Å²) in [5, 5.41) is 0.563. The molecule has 20 heavy (non-hydrogen) atoms. The van der Waals surface area contributed by atoms with Crippen LogP contribution in [-0.2, 0) is 0 Å². The number of amides is 1. The molecule has 0 radical (unpaired) electrons. The van der Waals surface area contributed by atoms with Gasteiger partial charge >= 0.3 is 0 Å². The van der Waals surface area contributed by atoms with Crippen LogP contribution in [0.4, 0.5) is 0 Å². The molecule has 3 rings (SSSR count). The highest BCUT2D eigenvalue weighted by atomic mass is 35.5. The lowest BCUT2D eigenvalue weighted by molar-refractivity contribution is -0.00605. The van der Waals surface area contributed by atoms with Gasteiger partial charge < -0.3 is 14.5 Å². The number of nitrogens with zero attached hydrogens (tertiary/aromatic N) is 2. The molecule has 0 aliphatic carbocycles. The van der Waals surface area contributed by atoms with Crippen molar-refractivity contribution in [2.24, 2.45) is 0 Å². The summed E-state index contributed by atoms with van der Waals surface area (Å²) < 4.78 is 6.28. The Morgan fingerprint density at radius 3 is 2.65 bits per heavy atom. The van der Waals surface area contributed by atoms with E-state index in [0.29, 0.717) is 22.9 Å². The van der Waals surface area contributed by atoms with Crippen LogP contribution in [-0.4, -0.2) is 55.0 Å². The molecule has 2 heterocycles. The third-order valence-electron chi connectivity index (χ3n) is 4.27. The van der Waals surface area contributed by atoms with Crippen molar-refractivity contribution in [1.29, 1.82) is 0 Å².